The first-order valence-corrected chi connectivity index (χ1v) is 10.9. The molecule has 3 N–H and O–H groups in total. The van der Waals surface area contributed by atoms with Crippen molar-refractivity contribution in [3.05, 3.63) is 0 Å². The van der Waals surface area contributed by atoms with Gasteiger partial charge in [-0.05, 0) is 32.6 Å². The Morgan fingerprint density at radius 1 is 1.18 bits per heavy atom. The number of piperidine rings is 1. The second-order valence-corrected chi connectivity index (χ2v) is 8.19. The standard InChI is InChI=1S/C20H37N5O3/c1-2-28-19(26)24-10-6-17(7-11-24)23-18(21)22-16-20(8-4-3-5-9-20)25-12-14-27-15-13-25/h17H,2-16H2,1H3,(H3,21,22,23). The molecular weight excluding hydrogens is 358 g/mol. The highest BCUT2D eigenvalue weighted by atomic mass is 16.6. The van der Waals surface area contributed by atoms with Crippen LogP contribution in [0.4, 0.5) is 4.79 Å². The van der Waals surface area contributed by atoms with Crippen molar-refractivity contribution >= 4 is 12.1 Å². The molecule has 28 heavy (non-hydrogen) atoms. The number of nitrogens with two attached hydrogens (primary N) is 1. The Balaban J connectivity index is 1.50. The van der Waals surface area contributed by atoms with Crippen LogP contribution in [0.5, 0.6) is 0 Å². The average Bonchev–Trinajstić information content (AvgIpc) is 2.74. The molecule has 8 nitrogen and oxygen atoms in total. The maximum Gasteiger partial charge on any atom is 0.409 e. The molecule has 2 aliphatic heterocycles. The summed E-state index contributed by atoms with van der Waals surface area (Å²) in [4.78, 5) is 20.9. The molecule has 0 atom stereocenters. The van der Waals surface area contributed by atoms with Crippen molar-refractivity contribution in [2.75, 3.05) is 52.5 Å². The van der Waals surface area contributed by atoms with E-state index >= 15 is 0 Å². The summed E-state index contributed by atoms with van der Waals surface area (Å²) in [6, 6.07) is 0.264. The van der Waals surface area contributed by atoms with Gasteiger partial charge in [0.25, 0.3) is 0 Å². The summed E-state index contributed by atoms with van der Waals surface area (Å²) in [6.07, 6.45) is 7.77. The minimum atomic E-state index is -0.215. The Hall–Kier alpha value is -1.54. The SMILES string of the molecule is CCOC(=O)N1CCC(NC(N)=NCC2(N3CCOCC3)CCCCC2)CC1. The number of carbonyl (C=O) groups is 1. The first kappa shape index (κ1) is 21.2. The molecule has 0 radical (unpaired) electrons. The zero-order valence-electron chi connectivity index (χ0n) is 17.3. The van der Waals surface area contributed by atoms with Crippen molar-refractivity contribution in [3.8, 4) is 0 Å². The van der Waals surface area contributed by atoms with Crippen molar-refractivity contribution < 1.29 is 14.3 Å². The average molecular weight is 396 g/mol. The van der Waals surface area contributed by atoms with Crippen LogP contribution in [-0.4, -0.2) is 86.0 Å². The van der Waals surface area contributed by atoms with Crippen LogP contribution in [0.1, 0.15) is 51.9 Å². The quantitative estimate of drug-likeness (QED) is 0.542. The lowest BCUT2D eigenvalue weighted by atomic mass is 9.80. The van der Waals surface area contributed by atoms with Crippen molar-refractivity contribution in [2.45, 2.75) is 63.5 Å². The van der Waals surface area contributed by atoms with E-state index in [0.717, 1.165) is 45.7 Å². The number of carbonyl (C=O) groups excluding carboxylic acids is 1. The van der Waals surface area contributed by atoms with Crippen molar-refractivity contribution in [3.63, 3.8) is 0 Å². The van der Waals surface area contributed by atoms with E-state index in [-0.39, 0.29) is 17.7 Å². The van der Waals surface area contributed by atoms with Gasteiger partial charge < -0.3 is 25.4 Å². The van der Waals surface area contributed by atoms with E-state index in [1.165, 1.54) is 32.1 Å². The normalized spacial score (nSPS) is 24.8. The van der Waals surface area contributed by atoms with Crippen molar-refractivity contribution in [1.82, 2.24) is 15.1 Å². The Kier molecular flexibility index (Phi) is 7.79. The summed E-state index contributed by atoms with van der Waals surface area (Å²) in [7, 11) is 0. The van der Waals surface area contributed by atoms with Gasteiger partial charge in [-0.3, -0.25) is 9.89 Å². The molecule has 2 saturated heterocycles. The molecule has 2 heterocycles. The van der Waals surface area contributed by atoms with E-state index in [2.05, 4.69) is 10.2 Å². The van der Waals surface area contributed by atoms with E-state index in [1.54, 1.807) is 4.90 Å². The lowest BCUT2D eigenvalue weighted by Crippen LogP contribution is -2.57. The predicted octanol–water partition coefficient (Wildman–Crippen LogP) is 1.55. The highest BCUT2D eigenvalue weighted by Gasteiger charge is 2.38. The van der Waals surface area contributed by atoms with Gasteiger partial charge in [-0.2, -0.15) is 0 Å². The van der Waals surface area contributed by atoms with Gasteiger partial charge in [-0.15, -0.1) is 0 Å². The number of rotatable bonds is 5. The highest BCUT2D eigenvalue weighted by molar-refractivity contribution is 5.78. The molecule has 3 rings (SSSR count). The third-order valence-corrected chi connectivity index (χ3v) is 6.38. The molecule has 1 amide bonds. The second kappa shape index (κ2) is 10.3. The van der Waals surface area contributed by atoms with Crippen LogP contribution in [0.15, 0.2) is 4.99 Å². The molecule has 160 valence electrons. The van der Waals surface area contributed by atoms with Gasteiger partial charge >= 0.3 is 6.09 Å². The maximum absolute atomic E-state index is 11.8. The molecule has 3 aliphatic rings. The zero-order chi connectivity index (χ0) is 19.8. The summed E-state index contributed by atoms with van der Waals surface area (Å²) in [5, 5.41) is 3.38. The van der Waals surface area contributed by atoms with Crippen molar-refractivity contribution in [2.24, 2.45) is 10.7 Å². The van der Waals surface area contributed by atoms with E-state index in [1.807, 2.05) is 6.92 Å². The summed E-state index contributed by atoms with van der Waals surface area (Å²) in [5.41, 5.74) is 6.38. The maximum atomic E-state index is 11.8. The van der Waals surface area contributed by atoms with Crippen LogP contribution in [0.25, 0.3) is 0 Å². The molecule has 3 fully saturated rings. The third kappa shape index (κ3) is 5.50. The molecule has 0 bridgehead atoms. The highest BCUT2D eigenvalue weighted by Crippen LogP contribution is 2.34. The number of hydrogen-bond donors (Lipinski definition) is 2. The molecule has 1 aliphatic carbocycles. The number of nitrogens with zero attached hydrogens (tertiary/aromatic N) is 3. The molecular formula is C20H37N5O3. The largest absolute Gasteiger partial charge is 0.450 e. The third-order valence-electron chi connectivity index (χ3n) is 6.38. The van der Waals surface area contributed by atoms with Crippen molar-refractivity contribution in [1.29, 1.82) is 0 Å². The molecule has 8 heteroatoms. The second-order valence-electron chi connectivity index (χ2n) is 8.19. The molecule has 0 aromatic rings. The first-order chi connectivity index (χ1) is 13.6. The first-order valence-electron chi connectivity index (χ1n) is 10.9. The lowest BCUT2D eigenvalue weighted by molar-refractivity contribution is -0.0333. The topological polar surface area (TPSA) is 92.4 Å². The summed E-state index contributed by atoms with van der Waals surface area (Å²) < 4.78 is 10.6. The minimum Gasteiger partial charge on any atom is -0.450 e. The van der Waals surface area contributed by atoms with Gasteiger partial charge in [0.2, 0.25) is 0 Å². The monoisotopic (exact) mass is 395 g/mol. The zero-order valence-corrected chi connectivity index (χ0v) is 17.3. The number of morpholine rings is 1. The fourth-order valence-corrected chi connectivity index (χ4v) is 4.73. The molecule has 0 aromatic carbocycles. The van der Waals surface area contributed by atoms with Gasteiger partial charge in [0.15, 0.2) is 5.96 Å². The van der Waals surface area contributed by atoms with Crippen LogP contribution in [-0.2, 0) is 9.47 Å². The molecule has 1 saturated carbocycles. The molecule has 0 unspecified atom stereocenters. The number of aliphatic imine (C=N–C) groups is 1. The van der Waals surface area contributed by atoms with Crippen LogP contribution >= 0.6 is 0 Å². The Labute approximate surface area is 168 Å². The van der Waals surface area contributed by atoms with Gasteiger partial charge in [0.1, 0.15) is 0 Å². The van der Waals surface area contributed by atoms with E-state index in [9.17, 15) is 4.79 Å². The summed E-state index contributed by atoms with van der Waals surface area (Å²) >= 11 is 0. The predicted molar refractivity (Wildman–Crippen MR) is 109 cm³/mol. The molecule has 0 spiro atoms. The minimum absolute atomic E-state index is 0.140. The van der Waals surface area contributed by atoms with Crippen LogP contribution in [0.2, 0.25) is 0 Å². The van der Waals surface area contributed by atoms with Gasteiger partial charge in [-0.25, -0.2) is 4.79 Å². The Morgan fingerprint density at radius 2 is 1.86 bits per heavy atom. The number of amides is 1. The fraction of sp³-hybridized carbons (Fsp3) is 0.900. The number of likely N-dealkylation sites (tertiary alicyclic amines) is 1. The van der Waals surface area contributed by atoms with Crippen LogP contribution < -0.4 is 11.1 Å². The van der Waals surface area contributed by atoms with E-state index in [0.29, 0.717) is 25.7 Å². The molecule has 0 aromatic heterocycles. The lowest BCUT2D eigenvalue weighted by Gasteiger charge is -2.47. The van der Waals surface area contributed by atoms with Gasteiger partial charge in [0, 0.05) is 37.8 Å². The van der Waals surface area contributed by atoms with Gasteiger partial charge in [-0.1, -0.05) is 19.3 Å². The number of guanidine groups is 1. The number of nitrogens with one attached hydrogen (secondary N) is 1. The number of hydrogen-bond acceptors (Lipinski definition) is 5. The summed E-state index contributed by atoms with van der Waals surface area (Å²) in [6.45, 7) is 8.03. The Bertz CT molecular complexity index is 522. The van der Waals surface area contributed by atoms with E-state index < -0.39 is 0 Å². The van der Waals surface area contributed by atoms with Gasteiger partial charge in [0.05, 0.1) is 26.4 Å². The Morgan fingerprint density at radius 3 is 2.50 bits per heavy atom. The van der Waals surface area contributed by atoms with E-state index in [4.69, 9.17) is 20.2 Å². The summed E-state index contributed by atoms with van der Waals surface area (Å²) in [5.74, 6) is 0.535. The van der Waals surface area contributed by atoms with Crippen LogP contribution in [0, 0.1) is 0 Å². The fourth-order valence-electron chi connectivity index (χ4n) is 4.73. The van der Waals surface area contributed by atoms with Crippen LogP contribution in [0.3, 0.4) is 0 Å². The smallest absolute Gasteiger partial charge is 0.409 e. The number of ether oxygens (including phenoxy) is 2.